The molecule has 1 aliphatic rings. The van der Waals surface area contributed by atoms with Gasteiger partial charge in [0, 0.05) is 5.41 Å². The number of benzene rings is 1. The number of ether oxygens (including phenoxy) is 1. The van der Waals surface area contributed by atoms with Crippen LogP contribution in [-0.4, -0.2) is 16.8 Å². The summed E-state index contributed by atoms with van der Waals surface area (Å²) >= 11 is 0. The van der Waals surface area contributed by atoms with Gasteiger partial charge >= 0.3 is 0 Å². The van der Waals surface area contributed by atoms with Crippen LogP contribution < -0.4 is 0 Å². The highest BCUT2D eigenvalue weighted by molar-refractivity contribution is 5.51. The molecule has 0 saturated carbocycles. The number of hydrogen-bond donors (Lipinski definition) is 1. The molecular formula is C18H24O2. The van der Waals surface area contributed by atoms with E-state index in [2.05, 4.69) is 39.5 Å². The first-order valence-electron chi connectivity index (χ1n) is 7.14. The maximum absolute atomic E-state index is 9.28. The molecule has 1 aromatic carbocycles. The van der Waals surface area contributed by atoms with Gasteiger partial charge in [0.15, 0.2) is 0 Å². The van der Waals surface area contributed by atoms with Gasteiger partial charge in [-0.3, -0.25) is 0 Å². The summed E-state index contributed by atoms with van der Waals surface area (Å²) in [5.74, 6) is 0.293. The van der Waals surface area contributed by atoms with E-state index in [4.69, 9.17) is 4.74 Å². The molecule has 0 spiro atoms. The summed E-state index contributed by atoms with van der Waals surface area (Å²) < 4.78 is 5.63. The first kappa shape index (κ1) is 14.9. The second-order valence-corrected chi connectivity index (χ2v) is 6.38. The number of epoxide rings is 1. The van der Waals surface area contributed by atoms with E-state index in [0.29, 0.717) is 11.9 Å². The number of phenolic OH excluding ortho intramolecular Hbond substituents is 1. The van der Waals surface area contributed by atoms with Gasteiger partial charge in [0.05, 0.1) is 11.7 Å². The third kappa shape index (κ3) is 3.73. The summed E-state index contributed by atoms with van der Waals surface area (Å²) in [5, 5.41) is 9.28. The Morgan fingerprint density at radius 2 is 1.95 bits per heavy atom. The predicted molar refractivity (Wildman–Crippen MR) is 83.6 cm³/mol. The van der Waals surface area contributed by atoms with E-state index in [1.54, 1.807) is 12.1 Å². The fourth-order valence-electron chi connectivity index (χ4n) is 2.31. The fraction of sp³-hybridized carbons (Fsp3) is 0.444. The highest BCUT2D eigenvalue weighted by Gasteiger charge is 2.47. The maximum Gasteiger partial charge on any atom is 0.115 e. The van der Waals surface area contributed by atoms with Gasteiger partial charge < -0.3 is 9.84 Å². The lowest BCUT2D eigenvalue weighted by Gasteiger charge is -2.21. The molecule has 0 unspecified atom stereocenters. The lowest BCUT2D eigenvalue weighted by Crippen LogP contribution is -2.12. The molecule has 1 N–H and O–H groups in total. The van der Waals surface area contributed by atoms with Crippen LogP contribution >= 0.6 is 0 Å². The minimum absolute atomic E-state index is 0.0279. The number of rotatable bonds is 6. The van der Waals surface area contributed by atoms with Gasteiger partial charge in [0.1, 0.15) is 5.75 Å². The van der Waals surface area contributed by atoms with Crippen molar-refractivity contribution in [1.82, 2.24) is 0 Å². The zero-order valence-corrected chi connectivity index (χ0v) is 12.6. The predicted octanol–water partition coefficient (Wildman–Crippen LogP) is 4.56. The molecule has 0 bridgehead atoms. The molecule has 0 aromatic heterocycles. The van der Waals surface area contributed by atoms with Crippen molar-refractivity contribution in [1.29, 1.82) is 0 Å². The smallest absolute Gasteiger partial charge is 0.115 e. The molecule has 0 aliphatic carbocycles. The first-order valence-corrected chi connectivity index (χ1v) is 7.14. The van der Waals surface area contributed by atoms with E-state index < -0.39 is 0 Å². The minimum Gasteiger partial charge on any atom is -0.508 e. The lowest BCUT2D eigenvalue weighted by molar-refractivity contribution is 0.311. The quantitative estimate of drug-likeness (QED) is 0.608. The van der Waals surface area contributed by atoms with Crippen molar-refractivity contribution in [2.45, 2.75) is 45.3 Å². The summed E-state index contributed by atoms with van der Waals surface area (Å²) in [6.07, 6.45) is 8.72. The zero-order valence-electron chi connectivity index (χ0n) is 12.6. The molecule has 20 heavy (non-hydrogen) atoms. The average Bonchev–Trinajstić information content (AvgIpc) is 3.04. The fourth-order valence-corrected chi connectivity index (χ4v) is 2.31. The van der Waals surface area contributed by atoms with Crippen molar-refractivity contribution < 1.29 is 9.84 Å². The van der Waals surface area contributed by atoms with Gasteiger partial charge in [-0.2, -0.15) is 0 Å². The van der Waals surface area contributed by atoms with Crippen molar-refractivity contribution in [3.05, 3.63) is 48.6 Å². The van der Waals surface area contributed by atoms with E-state index in [-0.39, 0.29) is 11.0 Å². The van der Waals surface area contributed by atoms with Crippen molar-refractivity contribution in [3.8, 4) is 5.75 Å². The van der Waals surface area contributed by atoms with Crippen LogP contribution in [0.1, 0.15) is 39.2 Å². The normalized spacial score (nSPS) is 23.4. The van der Waals surface area contributed by atoms with Crippen LogP contribution in [0.4, 0.5) is 0 Å². The van der Waals surface area contributed by atoms with Crippen molar-refractivity contribution in [2.24, 2.45) is 5.41 Å². The summed E-state index contributed by atoms with van der Waals surface area (Å²) in [4.78, 5) is 0. The van der Waals surface area contributed by atoms with Crippen LogP contribution in [0.15, 0.2) is 43.0 Å². The molecule has 1 fully saturated rings. The average molecular weight is 272 g/mol. The molecule has 1 aromatic rings. The molecule has 0 radical (unpaired) electrons. The molecule has 2 heteroatoms. The van der Waals surface area contributed by atoms with Crippen LogP contribution in [0.3, 0.4) is 0 Å². The van der Waals surface area contributed by atoms with Gasteiger partial charge in [0.2, 0.25) is 0 Å². The van der Waals surface area contributed by atoms with Crippen molar-refractivity contribution in [2.75, 3.05) is 0 Å². The molecule has 1 saturated heterocycles. The Bertz CT molecular complexity index is 499. The zero-order chi connectivity index (χ0) is 14.8. The molecule has 0 amide bonds. The van der Waals surface area contributed by atoms with Crippen LogP contribution in [0.2, 0.25) is 0 Å². The highest BCUT2D eigenvalue weighted by Crippen LogP contribution is 2.41. The minimum atomic E-state index is -0.0279. The van der Waals surface area contributed by atoms with Gasteiger partial charge in [0.25, 0.3) is 0 Å². The number of hydrogen-bond acceptors (Lipinski definition) is 2. The molecule has 2 nitrogen and oxygen atoms in total. The van der Waals surface area contributed by atoms with Crippen LogP contribution in [0, 0.1) is 5.41 Å². The lowest BCUT2D eigenvalue weighted by atomic mass is 9.83. The van der Waals surface area contributed by atoms with Crippen molar-refractivity contribution >= 4 is 6.08 Å². The molecule has 108 valence electrons. The highest BCUT2D eigenvalue weighted by atomic mass is 16.6. The Kier molecular flexibility index (Phi) is 4.05. The van der Waals surface area contributed by atoms with E-state index in [9.17, 15) is 5.11 Å². The molecule has 2 atom stereocenters. The molecule has 1 aliphatic heterocycles. The summed E-state index contributed by atoms with van der Waals surface area (Å²) in [7, 11) is 0. The second-order valence-electron chi connectivity index (χ2n) is 6.38. The Hall–Kier alpha value is -1.54. The van der Waals surface area contributed by atoms with Crippen LogP contribution in [0.25, 0.3) is 6.08 Å². The Balaban J connectivity index is 1.96. The van der Waals surface area contributed by atoms with E-state index in [1.165, 1.54) is 0 Å². The van der Waals surface area contributed by atoms with Gasteiger partial charge in [-0.25, -0.2) is 0 Å². The van der Waals surface area contributed by atoms with Crippen molar-refractivity contribution in [3.63, 3.8) is 0 Å². The second kappa shape index (κ2) is 5.45. The van der Waals surface area contributed by atoms with E-state index >= 15 is 0 Å². The Labute approximate surface area is 121 Å². The number of phenols is 1. The summed E-state index contributed by atoms with van der Waals surface area (Å²) in [6, 6.07) is 7.21. The third-order valence-corrected chi connectivity index (χ3v) is 4.13. The Morgan fingerprint density at radius 3 is 2.45 bits per heavy atom. The topological polar surface area (TPSA) is 32.8 Å². The first-order chi connectivity index (χ1) is 9.35. The number of allylic oxidation sites excluding steroid dienone is 2. The largest absolute Gasteiger partial charge is 0.508 e. The molecule has 2 rings (SSSR count). The van der Waals surface area contributed by atoms with E-state index in [0.717, 1.165) is 18.4 Å². The van der Waals surface area contributed by atoms with Gasteiger partial charge in [-0.15, -0.1) is 6.58 Å². The van der Waals surface area contributed by atoms with Crippen LogP contribution in [0.5, 0.6) is 5.75 Å². The van der Waals surface area contributed by atoms with E-state index in [1.807, 2.05) is 18.2 Å². The number of aromatic hydroxyl groups is 1. The van der Waals surface area contributed by atoms with Gasteiger partial charge in [-0.1, -0.05) is 37.3 Å². The van der Waals surface area contributed by atoms with Crippen LogP contribution in [-0.2, 0) is 4.74 Å². The Morgan fingerprint density at radius 1 is 1.35 bits per heavy atom. The summed E-state index contributed by atoms with van der Waals surface area (Å²) in [5.41, 5.74) is 1.11. The SMILES string of the molecule is C=C[C@@](C)(/C=C/c1ccc(O)cc1)CC[C@H]1OC1(C)C. The summed E-state index contributed by atoms with van der Waals surface area (Å²) in [6.45, 7) is 10.4. The molecule has 1 heterocycles. The maximum atomic E-state index is 9.28. The monoisotopic (exact) mass is 272 g/mol. The van der Waals surface area contributed by atoms with Gasteiger partial charge in [-0.05, 0) is 44.4 Å². The molecular weight excluding hydrogens is 248 g/mol. The standard InChI is InChI=1S/C18H24O2/c1-5-18(4,13-11-16-17(2,3)20-16)12-10-14-6-8-15(19)9-7-14/h5-10,12,16,19H,1,11,13H2,2-4H3/b12-10+/t16-,18+/m1/s1. The third-order valence-electron chi connectivity index (χ3n) is 4.13.